The predicted octanol–water partition coefficient (Wildman–Crippen LogP) is 9.03. The Morgan fingerprint density at radius 1 is 0.985 bits per heavy atom. The predicted molar refractivity (Wildman–Crippen MR) is 257 cm³/mol. The summed E-state index contributed by atoms with van der Waals surface area (Å²) in [5, 5.41) is 25.8. The summed E-state index contributed by atoms with van der Waals surface area (Å²) in [6.45, 7) is 13.0. The molecule has 3 aromatic carbocycles. The number of benzene rings is 3. The van der Waals surface area contributed by atoms with Gasteiger partial charge in [0.25, 0.3) is 0 Å². The van der Waals surface area contributed by atoms with E-state index in [9.17, 15) is 29.5 Å². The molecule has 12 nitrogen and oxygen atoms in total. The monoisotopic (exact) mass is 937 g/mol. The van der Waals surface area contributed by atoms with E-state index in [1.54, 1.807) is 29.5 Å². The zero-order chi connectivity index (χ0) is 47.6. The average molecular weight is 939 g/mol. The number of hydrogen-bond donors (Lipinski definition) is 3. The number of unbranched alkanes of at least 4 members (excludes halogenated alkanes) is 3. The van der Waals surface area contributed by atoms with Crippen LogP contribution in [0.1, 0.15) is 119 Å². The lowest BCUT2D eigenvalue weighted by molar-refractivity contribution is -0.196. The van der Waals surface area contributed by atoms with Crippen LogP contribution in [0.25, 0.3) is 10.4 Å². The molecule has 2 fully saturated rings. The number of thiazole rings is 1. The first-order chi connectivity index (χ1) is 31.5. The minimum absolute atomic E-state index is 0.0212. The fourth-order valence-corrected chi connectivity index (χ4v) is 11.0. The summed E-state index contributed by atoms with van der Waals surface area (Å²) in [4.78, 5) is 60.3. The number of carbonyl (C=O) groups is 4. The van der Waals surface area contributed by atoms with Crippen LogP contribution in [-0.2, 0) is 32.1 Å². The van der Waals surface area contributed by atoms with Crippen LogP contribution in [0.5, 0.6) is 5.75 Å². The molecule has 0 unspecified atom stereocenters. The first-order valence-electron chi connectivity index (χ1n) is 23.1. The van der Waals surface area contributed by atoms with E-state index in [0.717, 1.165) is 53.8 Å². The van der Waals surface area contributed by atoms with Crippen LogP contribution >= 0.6 is 22.9 Å². The van der Waals surface area contributed by atoms with E-state index in [2.05, 4.69) is 49.4 Å². The number of ether oxygens (including phenoxy) is 2. The van der Waals surface area contributed by atoms with Gasteiger partial charge in [-0.15, -0.1) is 11.3 Å². The van der Waals surface area contributed by atoms with Crippen LogP contribution in [0.3, 0.4) is 0 Å². The van der Waals surface area contributed by atoms with Gasteiger partial charge in [-0.05, 0) is 67.3 Å². The molecule has 352 valence electrons. The molecule has 2 aliphatic rings. The van der Waals surface area contributed by atoms with Crippen LogP contribution in [-0.4, -0.2) is 82.5 Å². The molecule has 1 aliphatic carbocycles. The van der Waals surface area contributed by atoms with E-state index in [-0.39, 0.29) is 66.6 Å². The van der Waals surface area contributed by atoms with Crippen LogP contribution < -0.4 is 15.4 Å². The lowest BCUT2D eigenvalue weighted by atomic mass is 9.44. The Balaban J connectivity index is 0.862. The molecule has 6 rings (SSSR count). The maximum absolute atomic E-state index is 13.7. The van der Waals surface area contributed by atoms with E-state index in [1.165, 1.54) is 10.5 Å². The highest BCUT2D eigenvalue weighted by molar-refractivity contribution is 7.13. The first-order valence-corrected chi connectivity index (χ1v) is 24.4. The van der Waals surface area contributed by atoms with Gasteiger partial charge in [0, 0.05) is 55.0 Å². The number of nitrogens with one attached hydrogen (secondary N) is 2. The van der Waals surface area contributed by atoms with Crippen molar-refractivity contribution in [3.8, 4) is 22.3 Å². The molecule has 1 saturated heterocycles. The summed E-state index contributed by atoms with van der Waals surface area (Å²) in [7, 11) is 0. The normalized spacial score (nSPS) is 19.9. The topological polar surface area (TPSA) is 171 Å². The number of rotatable bonds is 22. The number of carbonyl (C=O) groups excluding carboxylic acids is 4. The molecule has 0 radical (unpaired) electrons. The van der Waals surface area contributed by atoms with Gasteiger partial charge >= 0.3 is 0 Å². The largest absolute Gasteiger partial charge is 0.489 e. The van der Waals surface area contributed by atoms with E-state index in [0.29, 0.717) is 47.8 Å². The Labute approximate surface area is 398 Å². The number of β-amino-alcohol motifs (C(OH)–C–C–N with tert-alkyl or cyclic N) is 1. The van der Waals surface area contributed by atoms with E-state index >= 15 is 0 Å². The van der Waals surface area contributed by atoms with Crippen molar-refractivity contribution in [2.24, 2.45) is 16.7 Å². The molecule has 3 N–H and O–H groups in total. The van der Waals surface area contributed by atoms with Gasteiger partial charge in [-0.2, -0.15) is 5.26 Å². The van der Waals surface area contributed by atoms with E-state index in [4.69, 9.17) is 21.1 Å². The van der Waals surface area contributed by atoms with Gasteiger partial charge in [0.05, 0.1) is 32.8 Å². The van der Waals surface area contributed by atoms with Crippen LogP contribution in [0.2, 0.25) is 5.02 Å². The van der Waals surface area contributed by atoms with Gasteiger partial charge in [0.15, 0.2) is 5.78 Å². The molecular formula is C52H64ClN5O7S. The number of aliphatic hydroxyl groups excluding tert-OH is 1. The van der Waals surface area contributed by atoms with Crippen molar-refractivity contribution < 1.29 is 33.8 Å². The minimum atomic E-state index is -0.842. The second-order valence-corrected chi connectivity index (χ2v) is 20.2. The van der Waals surface area contributed by atoms with Crippen molar-refractivity contribution >= 4 is 46.4 Å². The number of aliphatic hydroxyl groups is 1. The summed E-state index contributed by atoms with van der Waals surface area (Å²) >= 11 is 7.83. The summed E-state index contributed by atoms with van der Waals surface area (Å²) in [6, 6.07) is 21.3. The van der Waals surface area contributed by atoms with Crippen molar-refractivity contribution in [1.82, 2.24) is 20.5 Å². The maximum atomic E-state index is 13.7. The highest BCUT2D eigenvalue weighted by Gasteiger charge is 2.63. The van der Waals surface area contributed by atoms with Crippen molar-refractivity contribution in [2.75, 3.05) is 19.8 Å². The van der Waals surface area contributed by atoms with Crippen LogP contribution in [0.15, 0.2) is 72.2 Å². The van der Waals surface area contributed by atoms with Gasteiger partial charge in [0.2, 0.25) is 17.7 Å². The second-order valence-electron chi connectivity index (χ2n) is 19.0. The van der Waals surface area contributed by atoms with Gasteiger partial charge in [-0.25, -0.2) is 4.98 Å². The number of amides is 3. The molecule has 3 atom stereocenters. The fraction of sp³-hybridized carbons (Fsp3) is 0.500. The van der Waals surface area contributed by atoms with Crippen molar-refractivity contribution in [2.45, 2.75) is 130 Å². The van der Waals surface area contributed by atoms with Crippen LogP contribution in [0.4, 0.5) is 0 Å². The Morgan fingerprint density at radius 3 is 2.33 bits per heavy atom. The number of nitriles is 1. The molecule has 1 aromatic heterocycles. The number of ketones is 1. The highest BCUT2D eigenvalue weighted by atomic mass is 35.5. The molecule has 0 bridgehead atoms. The Morgan fingerprint density at radius 2 is 1.68 bits per heavy atom. The first kappa shape index (κ1) is 50.3. The van der Waals surface area contributed by atoms with Crippen molar-refractivity contribution in [3.05, 3.63) is 105 Å². The molecule has 1 saturated carbocycles. The lowest BCUT2D eigenvalue weighted by Crippen LogP contribution is -2.66. The number of aromatic nitrogens is 1. The summed E-state index contributed by atoms with van der Waals surface area (Å²) in [5.41, 5.74) is 6.54. The average Bonchev–Trinajstić information content (AvgIpc) is 3.92. The van der Waals surface area contributed by atoms with Crippen molar-refractivity contribution in [3.63, 3.8) is 0 Å². The quantitative estimate of drug-likeness (QED) is 0.0514. The SMILES string of the molecule is CCC[C@H](NC(=O)COCCCCCCc1ccc(C(=O)CC2C(C)(C)C(Oc3ccc(C#N)c(Cl)c3)C2(C)C)cc1)C(=O)N1C[C@H](O)C[C@H]1C(=O)NCc1ccc(-c2scnc2C)cc1. The number of hydrogen-bond acceptors (Lipinski definition) is 10. The second kappa shape index (κ2) is 22.6. The van der Waals surface area contributed by atoms with Crippen LogP contribution in [0, 0.1) is 35.0 Å². The molecule has 1 aliphatic heterocycles. The Kier molecular flexibility index (Phi) is 17.2. The number of likely N-dealkylation sites (tertiary alicyclic amines) is 1. The molecule has 4 aromatic rings. The van der Waals surface area contributed by atoms with Gasteiger partial charge in [-0.1, -0.05) is 114 Å². The van der Waals surface area contributed by atoms with Gasteiger partial charge in [0.1, 0.15) is 36.6 Å². The van der Waals surface area contributed by atoms with Gasteiger partial charge in [-0.3, -0.25) is 19.2 Å². The van der Waals surface area contributed by atoms with E-state index in [1.807, 2.05) is 67.9 Å². The summed E-state index contributed by atoms with van der Waals surface area (Å²) in [5.74, 6) is -0.286. The fourth-order valence-electron chi connectivity index (χ4n) is 9.97. The zero-order valence-corrected chi connectivity index (χ0v) is 40.6. The van der Waals surface area contributed by atoms with E-state index < -0.39 is 24.1 Å². The highest BCUT2D eigenvalue weighted by Crippen LogP contribution is 2.61. The minimum Gasteiger partial charge on any atom is -0.489 e. The maximum Gasteiger partial charge on any atom is 0.246 e. The summed E-state index contributed by atoms with van der Waals surface area (Å²) in [6.07, 6.45) is 5.20. The lowest BCUT2D eigenvalue weighted by Gasteiger charge is -2.63. The summed E-state index contributed by atoms with van der Waals surface area (Å²) < 4.78 is 12.1. The standard InChI is InChI=1S/C52H64ClN5O7S/c1-7-12-42(49(63)58-30-39(59)25-43(58)48(62)55-29-35-16-20-37(21-17-35)47-33(2)56-32-66-47)57-46(61)31-64-24-11-9-8-10-13-34-14-18-36(19-15-34)44(60)27-45-51(3,4)50(52(45,5)6)65-40-23-22-38(28-54)41(53)26-40/h14-23,26,32,39,42-43,45,50,59H,7-13,24-25,27,29-31H2,1-6H3,(H,55,62)(H,57,61)/t39-,42+,43+,45?,50?/m1/s1. The van der Waals surface area contributed by atoms with Gasteiger partial charge < -0.3 is 30.1 Å². The third-order valence-electron chi connectivity index (χ3n) is 13.4. The molecule has 66 heavy (non-hydrogen) atoms. The number of nitrogens with zero attached hydrogens (tertiary/aromatic N) is 3. The zero-order valence-electron chi connectivity index (χ0n) is 39.0. The number of halogens is 1. The van der Waals surface area contributed by atoms with Crippen molar-refractivity contribution in [1.29, 1.82) is 5.26 Å². The molecule has 14 heteroatoms. The molecule has 0 spiro atoms. The third kappa shape index (κ3) is 12.2. The molecular weight excluding hydrogens is 874 g/mol. The third-order valence-corrected chi connectivity index (χ3v) is 14.7. The Bertz CT molecular complexity index is 2340. The number of Topliss-reactive ketones (excluding diaryl/α,β-unsaturated/α-hetero) is 1. The molecule has 3 amide bonds. The molecule has 2 heterocycles. The Hall–Kier alpha value is -5.13. The number of aryl methyl sites for hydroxylation is 2. The smallest absolute Gasteiger partial charge is 0.246 e.